The number of nitrogens with one attached hydrogen (secondary N) is 1. The molecule has 0 radical (unpaired) electrons. The van der Waals surface area contributed by atoms with Crippen molar-refractivity contribution in [3.05, 3.63) is 45.4 Å². The van der Waals surface area contributed by atoms with Gasteiger partial charge in [-0.15, -0.1) is 0 Å². The molecule has 104 valence electrons. The van der Waals surface area contributed by atoms with Crippen LogP contribution in [-0.4, -0.2) is 19.3 Å². The summed E-state index contributed by atoms with van der Waals surface area (Å²) < 4.78 is 4.56. The number of hydrogen-bond donors (Lipinski definition) is 1. The normalized spacial score (nSPS) is 12.9. The Bertz CT molecular complexity index is 804. The Balaban J connectivity index is 2.08. The lowest BCUT2D eigenvalue weighted by Gasteiger charge is -2.15. The van der Waals surface area contributed by atoms with Crippen LogP contribution in [0.1, 0.15) is 13.0 Å². The van der Waals surface area contributed by atoms with Crippen LogP contribution >= 0.6 is 35.4 Å². The van der Waals surface area contributed by atoms with Gasteiger partial charge in [0.05, 0.1) is 33.7 Å². The number of H-pyrrole nitrogens is 1. The molecular formula is C13H12Cl2N4S. The monoisotopic (exact) mass is 326 g/mol. The van der Waals surface area contributed by atoms with Crippen molar-refractivity contribution in [1.82, 2.24) is 19.3 Å². The number of aromatic amines is 1. The summed E-state index contributed by atoms with van der Waals surface area (Å²) in [5, 5.41) is 5.26. The maximum absolute atomic E-state index is 6.11. The highest BCUT2D eigenvalue weighted by Gasteiger charge is 2.13. The maximum atomic E-state index is 6.11. The molecule has 0 amide bonds. The van der Waals surface area contributed by atoms with E-state index in [1.165, 1.54) is 0 Å². The number of rotatable bonds is 3. The summed E-state index contributed by atoms with van der Waals surface area (Å²) in [6.45, 7) is 2.82. The van der Waals surface area contributed by atoms with E-state index in [-0.39, 0.29) is 6.04 Å². The number of fused-ring (bicyclic) bond motifs is 1. The minimum Gasteiger partial charge on any atom is -0.331 e. The molecule has 0 spiro atoms. The number of benzene rings is 1. The number of imidazole rings is 1. The maximum Gasteiger partial charge on any atom is 0.178 e. The number of aromatic nitrogens is 4. The Kier molecular flexibility index (Phi) is 3.58. The molecule has 1 aromatic carbocycles. The molecule has 0 aliphatic carbocycles. The van der Waals surface area contributed by atoms with Crippen LogP contribution < -0.4 is 0 Å². The summed E-state index contributed by atoms with van der Waals surface area (Å²) in [4.78, 5) is 3.16. The van der Waals surface area contributed by atoms with E-state index in [9.17, 15) is 0 Å². The first-order valence-electron chi connectivity index (χ1n) is 6.13. The molecule has 2 aromatic heterocycles. The molecule has 0 fully saturated rings. The highest BCUT2D eigenvalue weighted by molar-refractivity contribution is 7.71. The van der Waals surface area contributed by atoms with Gasteiger partial charge in [-0.3, -0.25) is 4.68 Å². The fraction of sp³-hybridized carbons (Fsp3) is 0.231. The van der Waals surface area contributed by atoms with Crippen LogP contribution in [0.3, 0.4) is 0 Å². The average molecular weight is 327 g/mol. The Morgan fingerprint density at radius 3 is 2.80 bits per heavy atom. The molecule has 0 saturated heterocycles. The van der Waals surface area contributed by atoms with Crippen molar-refractivity contribution in [1.29, 1.82) is 0 Å². The van der Waals surface area contributed by atoms with Gasteiger partial charge in [-0.2, -0.15) is 5.10 Å². The van der Waals surface area contributed by atoms with Crippen LogP contribution in [0, 0.1) is 4.77 Å². The van der Waals surface area contributed by atoms with Gasteiger partial charge in [0, 0.05) is 12.4 Å². The average Bonchev–Trinajstić information content (AvgIpc) is 2.97. The molecule has 0 aliphatic heterocycles. The predicted octanol–water partition coefficient (Wildman–Crippen LogP) is 4.46. The lowest BCUT2D eigenvalue weighted by Crippen LogP contribution is -2.13. The molecule has 20 heavy (non-hydrogen) atoms. The summed E-state index contributed by atoms with van der Waals surface area (Å²) in [7, 11) is 0. The van der Waals surface area contributed by atoms with Crippen LogP contribution in [0.5, 0.6) is 0 Å². The highest BCUT2D eigenvalue weighted by Crippen LogP contribution is 2.29. The third-order valence-electron chi connectivity index (χ3n) is 3.21. The van der Waals surface area contributed by atoms with Crippen molar-refractivity contribution in [2.75, 3.05) is 0 Å². The SMILES string of the molecule is CC(Cn1cccn1)n1c(=S)[nH]c2cc(Cl)c(Cl)cc21. The largest absolute Gasteiger partial charge is 0.331 e. The van der Waals surface area contributed by atoms with Crippen LogP contribution in [0.15, 0.2) is 30.6 Å². The minimum absolute atomic E-state index is 0.147. The van der Waals surface area contributed by atoms with Gasteiger partial charge in [-0.25, -0.2) is 0 Å². The first kappa shape index (κ1) is 13.7. The third-order valence-corrected chi connectivity index (χ3v) is 4.23. The topological polar surface area (TPSA) is 38.5 Å². The smallest absolute Gasteiger partial charge is 0.178 e. The van der Waals surface area contributed by atoms with Gasteiger partial charge in [-0.05, 0) is 37.3 Å². The van der Waals surface area contributed by atoms with Crippen molar-refractivity contribution >= 4 is 46.5 Å². The molecule has 1 unspecified atom stereocenters. The van der Waals surface area contributed by atoms with E-state index >= 15 is 0 Å². The van der Waals surface area contributed by atoms with Crippen molar-refractivity contribution in [2.45, 2.75) is 19.5 Å². The van der Waals surface area contributed by atoms with Gasteiger partial charge in [0.2, 0.25) is 0 Å². The van der Waals surface area contributed by atoms with Crippen molar-refractivity contribution < 1.29 is 0 Å². The zero-order valence-electron chi connectivity index (χ0n) is 10.7. The molecule has 1 N–H and O–H groups in total. The first-order valence-corrected chi connectivity index (χ1v) is 7.29. The fourth-order valence-electron chi connectivity index (χ4n) is 2.32. The second-order valence-corrected chi connectivity index (χ2v) is 5.86. The summed E-state index contributed by atoms with van der Waals surface area (Å²) in [6.07, 6.45) is 3.69. The van der Waals surface area contributed by atoms with E-state index in [0.29, 0.717) is 14.8 Å². The molecule has 0 saturated carbocycles. The fourth-order valence-corrected chi connectivity index (χ4v) is 3.03. The second-order valence-electron chi connectivity index (χ2n) is 4.66. The second kappa shape index (κ2) is 5.24. The van der Waals surface area contributed by atoms with E-state index in [1.54, 1.807) is 12.3 Å². The van der Waals surface area contributed by atoms with E-state index in [2.05, 4.69) is 17.0 Å². The molecule has 3 rings (SSSR count). The molecule has 0 bridgehead atoms. The lowest BCUT2D eigenvalue weighted by molar-refractivity contribution is 0.442. The van der Waals surface area contributed by atoms with E-state index in [1.807, 2.05) is 27.6 Å². The predicted molar refractivity (Wildman–Crippen MR) is 84.1 cm³/mol. The molecule has 1 atom stereocenters. The lowest BCUT2D eigenvalue weighted by atomic mass is 10.2. The van der Waals surface area contributed by atoms with Crippen LogP contribution in [0.25, 0.3) is 11.0 Å². The van der Waals surface area contributed by atoms with Gasteiger partial charge in [0.1, 0.15) is 0 Å². The van der Waals surface area contributed by atoms with Gasteiger partial charge >= 0.3 is 0 Å². The van der Waals surface area contributed by atoms with Crippen LogP contribution in [0.4, 0.5) is 0 Å². The highest BCUT2D eigenvalue weighted by atomic mass is 35.5. The Morgan fingerprint density at radius 1 is 1.35 bits per heavy atom. The number of hydrogen-bond acceptors (Lipinski definition) is 2. The van der Waals surface area contributed by atoms with Gasteiger partial charge < -0.3 is 9.55 Å². The summed E-state index contributed by atoms with van der Waals surface area (Å²) in [5.41, 5.74) is 1.83. The van der Waals surface area contributed by atoms with Gasteiger partial charge in [0.15, 0.2) is 4.77 Å². The van der Waals surface area contributed by atoms with E-state index in [4.69, 9.17) is 35.4 Å². The third kappa shape index (κ3) is 2.37. The van der Waals surface area contributed by atoms with E-state index < -0.39 is 0 Å². The van der Waals surface area contributed by atoms with Crippen molar-refractivity contribution in [3.8, 4) is 0 Å². The quantitative estimate of drug-likeness (QED) is 0.721. The summed E-state index contributed by atoms with van der Waals surface area (Å²) in [5.74, 6) is 0. The van der Waals surface area contributed by atoms with Crippen molar-refractivity contribution in [3.63, 3.8) is 0 Å². The van der Waals surface area contributed by atoms with E-state index in [0.717, 1.165) is 17.6 Å². The molecule has 7 heteroatoms. The zero-order chi connectivity index (χ0) is 14.3. The Labute approximate surface area is 130 Å². The minimum atomic E-state index is 0.147. The van der Waals surface area contributed by atoms with Crippen LogP contribution in [0.2, 0.25) is 10.0 Å². The molecule has 4 nitrogen and oxygen atoms in total. The number of nitrogens with zero attached hydrogens (tertiary/aromatic N) is 3. The van der Waals surface area contributed by atoms with Crippen LogP contribution in [-0.2, 0) is 6.54 Å². The van der Waals surface area contributed by atoms with Gasteiger partial charge in [-0.1, -0.05) is 23.2 Å². The molecule has 0 aliphatic rings. The standard InChI is InChI=1S/C13H12Cl2N4S/c1-8(7-18-4-2-3-16-18)19-12-6-10(15)9(14)5-11(12)17-13(19)20/h2-6,8H,7H2,1H3,(H,17,20). The van der Waals surface area contributed by atoms with Crippen molar-refractivity contribution in [2.24, 2.45) is 0 Å². The molecule has 3 aromatic rings. The first-order chi connectivity index (χ1) is 9.56. The summed E-state index contributed by atoms with van der Waals surface area (Å²) >= 11 is 17.5. The summed E-state index contributed by atoms with van der Waals surface area (Å²) in [6, 6.07) is 5.68. The Hall–Kier alpha value is -1.30. The van der Waals surface area contributed by atoms with Gasteiger partial charge in [0.25, 0.3) is 0 Å². The Morgan fingerprint density at radius 2 is 2.10 bits per heavy atom. The molecule has 2 heterocycles. The number of halogens is 2. The molecular weight excluding hydrogens is 315 g/mol. The zero-order valence-corrected chi connectivity index (χ0v) is 13.0.